The number of benzene rings is 1. The number of thiocarbonyl (C=S) groups is 1. The number of nitrogens with two attached hydrogens (primary N) is 1. The van der Waals surface area contributed by atoms with Crippen molar-refractivity contribution in [1.82, 2.24) is 15.3 Å². The zero-order valence-electron chi connectivity index (χ0n) is 14.9. The van der Waals surface area contributed by atoms with Crippen LogP contribution in [0.2, 0.25) is 0 Å². The minimum absolute atomic E-state index is 0.181. The minimum atomic E-state index is -0.225. The van der Waals surface area contributed by atoms with Crippen LogP contribution in [0.15, 0.2) is 34.9 Å². The third kappa shape index (κ3) is 4.95. The number of likely N-dealkylation sites (tertiary alicyclic amines) is 1. The van der Waals surface area contributed by atoms with Crippen molar-refractivity contribution in [2.24, 2.45) is 5.73 Å². The van der Waals surface area contributed by atoms with Crippen molar-refractivity contribution < 1.29 is 9.21 Å². The number of hydrogen-bond acceptors (Lipinski definition) is 4. The molecule has 0 saturated carbocycles. The summed E-state index contributed by atoms with van der Waals surface area (Å²) in [6.07, 6.45) is 7.55. The Morgan fingerprint density at radius 2 is 2.04 bits per heavy atom. The number of hydrazine groups is 1. The molecule has 6 nitrogen and oxygen atoms in total. The van der Waals surface area contributed by atoms with Crippen molar-refractivity contribution in [2.45, 2.75) is 32.1 Å². The summed E-state index contributed by atoms with van der Waals surface area (Å²) < 4.78 is 5.30. The van der Waals surface area contributed by atoms with Gasteiger partial charge in [0, 0.05) is 17.5 Å². The highest BCUT2D eigenvalue weighted by molar-refractivity contribution is 7.80. The molecule has 1 fully saturated rings. The van der Waals surface area contributed by atoms with E-state index in [1.807, 2.05) is 6.07 Å². The van der Waals surface area contributed by atoms with Crippen molar-refractivity contribution in [2.75, 3.05) is 26.2 Å². The molecule has 26 heavy (non-hydrogen) atoms. The molecule has 0 bridgehead atoms. The van der Waals surface area contributed by atoms with Crippen LogP contribution >= 0.6 is 12.2 Å². The van der Waals surface area contributed by atoms with Crippen molar-refractivity contribution in [3.8, 4) is 0 Å². The molecule has 0 unspecified atom stereocenters. The number of fused-ring (bicyclic) bond motifs is 1. The van der Waals surface area contributed by atoms with E-state index < -0.39 is 0 Å². The standard InChI is InChI=1S/C19H26N4O2S/c20-19(26)23(12-5-4-11-22-9-2-1-3-10-22)21-18(24)16-6-7-17-15(14-16)8-13-25-17/h6-8,13-14H,1-5,9-12H2,(H2,20,26)(H,21,24). The molecule has 2 heterocycles. The Morgan fingerprint density at radius 1 is 1.23 bits per heavy atom. The first-order chi connectivity index (χ1) is 12.6. The van der Waals surface area contributed by atoms with Crippen LogP contribution in [0.3, 0.4) is 0 Å². The highest BCUT2D eigenvalue weighted by Gasteiger charge is 2.14. The fourth-order valence-electron chi connectivity index (χ4n) is 3.30. The zero-order chi connectivity index (χ0) is 18.4. The van der Waals surface area contributed by atoms with E-state index in [1.165, 1.54) is 32.4 Å². The first kappa shape index (κ1) is 18.7. The van der Waals surface area contributed by atoms with Crippen LogP contribution in [0, 0.1) is 0 Å². The molecule has 7 heteroatoms. The number of amides is 1. The molecule has 3 rings (SSSR count). The van der Waals surface area contributed by atoms with E-state index in [0.717, 1.165) is 30.4 Å². The summed E-state index contributed by atoms with van der Waals surface area (Å²) in [6.45, 7) is 4.11. The highest BCUT2D eigenvalue weighted by atomic mass is 32.1. The van der Waals surface area contributed by atoms with Gasteiger partial charge in [0.05, 0.1) is 6.26 Å². The number of piperidine rings is 1. The van der Waals surface area contributed by atoms with E-state index in [9.17, 15) is 4.79 Å². The summed E-state index contributed by atoms with van der Waals surface area (Å²) in [5.74, 6) is -0.225. The number of unbranched alkanes of at least 4 members (excludes halogenated alkanes) is 1. The lowest BCUT2D eigenvalue weighted by molar-refractivity contribution is 0.0869. The fraction of sp³-hybridized carbons (Fsp3) is 0.474. The topological polar surface area (TPSA) is 74.7 Å². The first-order valence-corrected chi connectivity index (χ1v) is 9.62. The maximum absolute atomic E-state index is 12.5. The van der Waals surface area contributed by atoms with Crippen LogP contribution in [0.5, 0.6) is 0 Å². The monoisotopic (exact) mass is 374 g/mol. The fourth-order valence-corrected chi connectivity index (χ4v) is 3.44. The maximum atomic E-state index is 12.5. The summed E-state index contributed by atoms with van der Waals surface area (Å²) in [5.41, 5.74) is 9.90. The Kier molecular flexibility index (Phi) is 6.46. The molecule has 1 aromatic heterocycles. The largest absolute Gasteiger partial charge is 0.464 e. The third-order valence-electron chi connectivity index (χ3n) is 4.77. The van der Waals surface area contributed by atoms with Gasteiger partial charge < -0.3 is 15.1 Å². The number of carbonyl (C=O) groups excluding carboxylic acids is 1. The van der Waals surface area contributed by atoms with Gasteiger partial charge in [0.2, 0.25) is 0 Å². The molecule has 1 aromatic carbocycles. The molecule has 1 aliphatic heterocycles. The Labute approximate surface area is 159 Å². The van der Waals surface area contributed by atoms with E-state index in [4.69, 9.17) is 22.4 Å². The number of rotatable bonds is 6. The number of hydrogen-bond donors (Lipinski definition) is 2. The van der Waals surface area contributed by atoms with Crippen LogP contribution in [0.4, 0.5) is 0 Å². The molecule has 0 atom stereocenters. The molecule has 2 aromatic rings. The Hall–Kier alpha value is -2.12. The molecule has 1 amide bonds. The SMILES string of the molecule is NC(=S)N(CCCCN1CCCCC1)NC(=O)c1ccc2occc2c1. The quantitative estimate of drug-likeness (QED) is 0.460. The predicted molar refractivity (Wildman–Crippen MR) is 107 cm³/mol. The Bertz CT molecular complexity index is 755. The summed E-state index contributed by atoms with van der Waals surface area (Å²) in [6, 6.07) is 7.14. The highest BCUT2D eigenvalue weighted by Crippen LogP contribution is 2.17. The minimum Gasteiger partial charge on any atom is -0.464 e. The van der Waals surface area contributed by atoms with Crippen LogP contribution < -0.4 is 11.2 Å². The van der Waals surface area contributed by atoms with Gasteiger partial charge in [0.15, 0.2) is 5.11 Å². The Morgan fingerprint density at radius 3 is 2.81 bits per heavy atom. The molecular formula is C19H26N4O2S. The van der Waals surface area contributed by atoms with Crippen molar-refractivity contribution >= 4 is 34.2 Å². The average Bonchev–Trinajstić information content (AvgIpc) is 3.12. The second-order valence-corrected chi connectivity index (χ2v) is 7.13. The summed E-state index contributed by atoms with van der Waals surface area (Å²) in [4.78, 5) is 15.0. The number of nitrogens with one attached hydrogen (secondary N) is 1. The molecule has 0 spiro atoms. The predicted octanol–water partition coefficient (Wildman–Crippen LogP) is 2.89. The van der Waals surface area contributed by atoms with Crippen LogP contribution in [-0.2, 0) is 0 Å². The average molecular weight is 375 g/mol. The van der Waals surface area contributed by atoms with Gasteiger partial charge in [-0.05, 0) is 81.8 Å². The molecule has 1 saturated heterocycles. The smallest absolute Gasteiger partial charge is 0.269 e. The molecular weight excluding hydrogens is 348 g/mol. The molecule has 0 radical (unpaired) electrons. The normalized spacial score (nSPS) is 15.1. The van der Waals surface area contributed by atoms with Crippen molar-refractivity contribution in [3.05, 3.63) is 36.1 Å². The second-order valence-electron chi connectivity index (χ2n) is 6.71. The number of furan rings is 1. The van der Waals surface area contributed by atoms with Crippen LogP contribution in [-0.4, -0.2) is 47.1 Å². The van der Waals surface area contributed by atoms with Crippen molar-refractivity contribution in [3.63, 3.8) is 0 Å². The van der Waals surface area contributed by atoms with Crippen molar-refractivity contribution in [1.29, 1.82) is 0 Å². The third-order valence-corrected chi connectivity index (χ3v) is 4.99. The molecule has 140 valence electrons. The van der Waals surface area contributed by atoms with Gasteiger partial charge in [-0.1, -0.05) is 6.42 Å². The van der Waals surface area contributed by atoms with Gasteiger partial charge >= 0.3 is 0 Å². The van der Waals surface area contributed by atoms with Gasteiger partial charge in [-0.15, -0.1) is 0 Å². The van der Waals surface area contributed by atoms with E-state index in [0.29, 0.717) is 12.1 Å². The maximum Gasteiger partial charge on any atom is 0.269 e. The zero-order valence-corrected chi connectivity index (χ0v) is 15.8. The lowest BCUT2D eigenvalue weighted by Gasteiger charge is -2.27. The van der Waals surface area contributed by atoms with Crippen LogP contribution in [0.25, 0.3) is 11.0 Å². The van der Waals surface area contributed by atoms with Gasteiger partial charge in [-0.2, -0.15) is 0 Å². The molecule has 3 N–H and O–H groups in total. The van der Waals surface area contributed by atoms with Gasteiger partial charge in [-0.3, -0.25) is 15.2 Å². The second kappa shape index (κ2) is 9.00. The molecule has 0 aliphatic carbocycles. The van der Waals surface area contributed by atoms with E-state index in [2.05, 4.69) is 10.3 Å². The lowest BCUT2D eigenvalue weighted by Crippen LogP contribution is -2.49. The Balaban J connectivity index is 1.49. The van der Waals surface area contributed by atoms with Gasteiger partial charge in [0.1, 0.15) is 5.58 Å². The number of carbonyl (C=O) groups is 1. The summed E-state index contributed by atoms with van der Waals surface area (Å²) >= 11 is 5.09. The van der Waals surface area contributed by atoms with E-state index >= 15 is 0 Å². The molecule has 1 aliphatic rings. The number of nitrogens with zero attached hydrogens (tertiary/aromatic N) is 2. The van der Waals surface area contributed by atoms with Crippen LogP contribution in [0.1, 0.15) is 42.5 Å². The summed E-state index contributed by atoms with van der Waals surface area (Å²) in [7, 11) is 0. The van der Waals surface area contributed by atoms with E-state index in [1.54, 1.807) is 29.5 Å². The first-order valence-electron chi connectivity index (χ1n) is 9.21. The summed E-state index contributed by atoms with van der Waals surface area (Å²) in [5, 5.41) is 2.63. The van der Waals surface area contributed by atoms with Gasteiger partial charge in [0.25, 0.3) is 5.91 Å². The lowest BCUT2D eigenvalue weighted by atomic mass is 10.1. The van der Waals surface area contributed by atoms with Gasteiger partial charge in [-0.25, -0.2) is 0 Å². The van der Waals surface area contributed by atoms with E-state index in [-0.39, 0.29) is 11.0 Å².